The molecule has 1 aromatic carbocycles. The number of rotatable bonds is 4. The largest absolute Gasteiger partial charge is 0.393 e. The zero-order valence-corrected chi connectivity index (χ0v) is 9.91. The topological polar surface area (TPSA) is 86.9 Å². The first-order chi connectivity index (χ1) is 8.08. The number of thiocarbonyl (C=S) groups is 1. The van der Waals surface area contributed by atoms with Crippen LogP contribution in [0.4, 0.5) is 0 Å². The second kappa shape index (κ2) is 4.50. The molecule has 1 amide bonds. The van der Waals surface area contributed by atoms with Crippen LogP contribution in [0.1, 0.15) is 5.82 Å². The first kappa shape index (κ1) is 11.5. The summed E-state index contributed by atoms with van der Waals surface area (Å²) in [6.07, 6.45) is 0.358. The zero-order valence-electron chi connectivity index (χ0n) is 9.09. The molecule has 1 aromatic heterocycles. The molecule has 17 heavy (non-hydrogen) atoms. The van der Waals surface area contributed by atoms with Crippen LogP contribution in [-0.4, -0.2) is 20.4 Å². The summed E-state index contributed by atoms with van der Waals surface area (Å²) in [5.41, 5.74) is 12.4. The van der Waals surface area contributed by atoms with Crippen molar-refractivity contribution in [3.8, 4) is 0 Å². The average molecular weight is 248 g/mol. The lowest BCUT2D eigenvalue weighted by molar-refractivity contribution is -0.118. The van der Waals surface area contributed by atoms with E-state index in [9.17, 15) is 4.79 Å². The van der Waals surface area contributed by atoms with Gasteiger partial charge in [-0.3, -0.25) is 4.79 Å². The number of amides is 1. The fraction of sp³-hybridized carbons (Fsp3) is 0.182. The normalized spacial score (nSPS) is 10.6. The Kier molecular flexibility index (Phi) is 3.06. The number of fused-ring (bicyclic) bond motifs is 1. The highest BCUT2D eigenvalue weighted by Crippen LogP contribution is 2.16. The molecule has 0 bridgehead atoms. The minimum Gasteiger partial charge on any atom is -0.393 e. The van der Waals surface area contributed by atoms with Crippen molar-refractivity contribution in [2.24, 2.45) is 11.5 Å². The molecule has 0 saturated heterocycles. The molecule has 0 saturated carbocycles. The first-order valence-electron chi connectivity index (χ1n) is 5.08. The number of aromatic nitrogens is 2. The van der Waals surface area contributed by atoms with Crippen molar-refractivity contribution in [3.63, 3.8) is 0 Å². The minimum absolute atomic E-state index is 0.0818. The molecule has 0 radical (unpaired) electrons. The highest BCUT2D eigenvalue weighted by atomic mass is 32.1. The molecule has 0 spiro atoms. The van der Waals surface area contributed by atoms with Crippen molar-refractivity contribution >= 4 is 34.1 Å². The number of primary amides is 1. The molecular weight excluding hydrogens is 236 g/mol. The minimum atomic E-state index is -0.419. The van der Waals surface area contributed by atoms with Gasteiger partial charge >= 0.3 is 0 Å². The van der Waals surface area contributed by atoms with Gasteiger partial charge in [0.05, 0.1) is 22.4 Å². The molecule has 2 rings (SSSR count). The zero-order chi connectivity index (χ0) is 12.4. The summed E-state index contributed by atoms with van der Waals surface area (Å²) < 4.78 is 1.75. The van der Waals surface area contributed by atoms with Crippen LogP contribution in [0.2, 0.25) is 0 Å². The van der Waals surface area contributed by atoms with Gasteiger partial charge in [-0.25, -0.2) is 4.98 Å². The van der Waals surface area contributed by atoms with Gasteiger partial charge in [0, 0.05) is 0 Å². The van der Waals surface area contributed by atoms with Gasteiger partial charge in [0.1, 0.15) is 12.4 Å². The van der Waals surface area contributed by atoms with Crippen LogP contribution in [0.3, 0.4) is 0 Å². The molecule has 5 nitrogen and oxygen atoms in total. The van der Waals surface area contributed by atoms with Gasteiger partial charge in [-0.1, -0.05) is 24.4 Å². The van der Waals surface area contributed by atoms with Gasteiger partial charge in [0.2, 0.25) is 5.91 Å². The Balaban J connectivity index is 2.56. The van der Waals surface area contributed by atoms with E-state index in [4.69, 9.17) is 23.7 Å². The van der Waals surface area contributed by atoms with E-state index >= 15 is 0 Å². The number of nitrogens with two attached hydrogens (primary N) is 2. The van der Waals surface area contributed by atoms with Crippen molar-refractivity contribution in [1.82, 2.24) is 9.55 Å². The molecular formula is C11H12N4OS. The second-order valence-electron chi connectivity index (χ2n) is 3.71. The van der Waals surface area contributed by atoms with Gasteiger partial charge in [-0.15, -0.1) is 0 Å². The first-order valence-corrected chi connectivity index (χ1v) is 5.49. The SMILES string of the molecule is NC(=O)Cn1c(CC(N)=S)nc2ccccc21. The van der Waals surface area contributed by atoms with Crippen molar-refractivity contribution in [1.29, 1.82) is 0 Å². The van der Waals surface area contributed by atoms with E-state index in [1.165, 1.54) is 0 Å². The fourth-order valence-electron chi connectivity index (χ4n) is 1.75. The van der Waals surface area contributed by atoms with Gasteiger partial charge in [0.15, 0.2) is 0 Å². The van der Waals surface area contributed by atoms with Crippen molar-refractivity contribution in [2.45, 2.75) is 13.0 Å². The predicted octanol–water partition coefficient (Wildman–Crippen LogP) is 0.350. The standard InChI is InChI=1S/C11H12N4OS/c12-9(16)6-15-8-4-2-1-3-7(8)14-11(15)5-10(13)17/h1-4H,5-6H2,(H2,12,16)(H2,13,17). The highest BCUT2D eigenvalue weighted by molar-refractivity contribution is 7.80. The summed E-state index contributed by atoms with van der Waals surface area (Å²) in [7, 11) is 0. The molecule has 0 aliphatic carbocycles. The molecule has 2 aromatic rings. The highest BCUT2D eigenvalue weighted by Gasteiger charge is 2.12. The lowest BCUT2D eigenvalue weighted by atomic mass is 10.3. The number of imidazole rings is 1. The molecule has 0 atom stereocenters. The molecule has 88 valence electrons. The maximum atomic E-state index is 11.1. The van der Waals surface area contributed by atoms with Crippen LogP contribution < -0.4 is 11.5 Å². The van der Waals surface area contributed by atoms with Gasteiger partial charge in [0.25, 0.3) is 0 Å². The van der Waals surface area contributed by atoms with Gasteiger partial charge in [-0.2, -0.15) is 0 Å². The summed E-state index contributed by atoms with van der Waals surface area (Å²) in [6, 6.07) is 7.52. The summed E-state index contributed by atoms with van der Waals surface area (Å²) in [5.74, 6) is 0.245. The predicted molar refractivity (Wildman–Crippen MR) is 69.4 cm³/mol. The van der Waals surface area contributed by atoms with E-state index < -0.39 is 5.91 Å². The molecule has 0 aliphatic heterocycles. The number of para-hydroxylation sites is 2. The van der Waals surface area contributed by atoms with Crippen molar-refractivity contribution in [2.75, 3.05) is 0 Å². The molecule has 0 aliphatic rings. The van der Waals surface area contributed by atoms with E-state index in [0.29, 0.717) is 17.2 Å². The molecule has 0 fully saturated rings. The maximum Gasteiger partial charge on any atom is 0.237 e. The second-order valence-corrected chi connectivity index (χ2v) is 4.24. The van der Waals surface area contributed by atoms with E-state index in [-0.39, 0.29) is 6.54 Å². The smallest absolute Gasteiger partial charge is 0.237 e. The van der Waals surface area contributed by atoms with E-state index in [1.807, 2.05) is 24.3 Å². The van der Waals surface area contributed by atoms with Crippen LogP contribution in [0, 0.1) is 0 Å². The Bertz CT molecular complexity index is 590. The van der Waals surface area contributed by atoms with Gasteiger partial charge < -0.3 is 16.0 Å². The maximum absolute atomic E-state index is 11.1. The van der Waals surface area contributed by atoms with Crippen LogP contribution in [0.5, 0.6) is 0 Å². The van der Waals surface area contributed by atoms with Crippen LogP contribution in [0.15, 0.2) is 24.3 Å². The van der Waals surface area contributed by atoms with Crippen molar-refractivity contribution in [3.05, 3.63) is 30.1 Å². The number of carbonyl (C=O) groups excluding carboxylic acids is 1. The number of nitrogens with zero attached hydrogens (tertiary/aromatic N) is 2. The number of hydrogen-bond donors (Lipinski definition) is 2. The van der Waals surface area contributed by atoms with Crippen LogP contribution >= 0.6 is 12.2 Å². The Labute approximate surface area is 103 Å². The number of hydrogen-bond acceptors (Lipinski definition) is 3. The Morgan fingerprint density at radius 2 is 2.06 bits per heavy atom. The third-order valence-electron chi connectivity index (χ3n) is 2.38. The average Bonchev–Trinajstić information content (AvgIpc) is 2.55. The summed E-state index contributed by atoms with van der Waals surface area (Å²) >= 11 is 4.86. The number of carbonyl (C=O) groups is 1. The Morgan fingerprint density at radius 1 is 1.35 bits per heavy atom. The third-order valence-corrected chi connectivity index (χ3v) is 2.52. The van der Waals surface area contributed by atoms with Crippen LogP contribution in [-0.2, 0) is 17.8 Å². The lowest BCUT2D eigenvalue weighted by Crippen LogP contribution is -2.22. The van der Waals surface area contributed by atoms with E-state index in [2.05, 4.69) is 4.98 Å². The monoisotopic (exact) mass is 248 g/mol. The summed E-state index contributed by atoms with van der Waals surface area (Å²) in [5, 5.41) is 0. The quantitative estimate of drug-likeness (QED) is 0.764. The summed E-state index contributed by atoms with van der Waals surface area (Å²) in [6.45, 7) is 0.0818. The number of benzene rings is 1. The van der Waals surface area contributed by atoms with E-state index in [0.717, 1.165) is 11.0 Å². The fourth-order valence-corrected chi connectivity index (χ4v) is 1.88. The van der Waals surface area contributed by atoms with Gasteiger partial charge in [-0.05, 0) is 12.1 Å². The van der Waals surface area contributed by atoms with Crippen molar-refractivity contribution < 1.29 is 4.79 Å². The summed E-state index contributed by atoms with van der Waals surface area (Å²) in [4.78, 5) is 15.8. The molecule has 0 unspecified atom stereocenters. The Morgan fingerprint density at radius 3 is 2.71 bits per heavy atom. The third kappa shape index (κ3) is 2.42. The van der Waals surface area contributed by atoms with E-state index in [1.54, 1.807) is 4.57 Å². The van der Waals surface area contributed by atoms with Crippen LogP contribution in [0.25, 0.3) is 11.0 Å². The molecule has 4 N–H and O–H groups in total. The Hall–Kier alpha value is -1.95. The molecule has 6 heteroatoms. The lowest BCUT2D eigenvalue weighted by Gasteiger charge is -2.05. The molecule has 1 heterocycles.